The average Bonchev–Trinajstić information content (AvgIpc) is 2.84. The first-order valence-corrected chi connectivity index (χ1v) is 6.53. The minimum Gasteiger partial charge on any atom is -0.388 e. The quantitative estimate of drug-likeness (QED) is 0.901. The maximum absolute atomic E-state index is 12.3. The zero-order valence-corrected chi connectivity index (χ0v) is 11.1. The first-order valence-electron chi connectivity index (χ1n) is 6.53. The van der Waals surface area contributed by atoms with Crippen LogP contribution in [0.15, 0.2) is 24.3 Å². The monoisotopic (exact) mass is 258 g/mol. The molecule has 1 N–H and O–H groups in total. The minimum atomic E-state index is -0.758. The summed E-state index contributed by atoms with van der Waals surface area (Å²) in [5.74, 6) is -0.211. The molecule has 1 aliphatic rings. The van der Waals surface area contributed by atoms with Crippen molar-refractivity contribution in [3.63, 3.8) is 0 Å². The lowest BCUT2D eigenvalue weighted by atomic mass is 10.0. The number of likely N-dealkylation sites (N-methyl/N-ethyl adjacent to an activating group) is 1. The van der Waals surface area contributed by atoms with Crippen LogP contribution in [-0.2, 0) is 0 Å². The lowest BCUT2D eigenvalue weighted by molar-refractivity contribution is 0.0156. The summed E-state index contributed by atoms with van der Waals surface area (Å²) in [4.78, 5) is 13.8. The normalized spacial score (nSPS) is 16.9. The number of hydrogen-bond donors (Lipinski definition) is 1. The zero-order chi connectivity index (χ0) is 13.9. The standard InChI is InChI=1S/C15H18N2O2/c1-17(11-15(19)8-4-5-9-15)14(18)13-7-3-2-6-12(13)10-16/h2-3,6-7,19H,4-5,8-9,11H2,1H3. The molecule has 0 atom stereocenters. The van der Waals surface area contributed by atoms with Crippen molar-refractivity contribution in [3.05, 3.63) is 35.4 Å². The molecule has 1 fully saturated rings. The Kier molecular flexibility index (Phi) is 3.87. The van der Waals surface area contributed by atoms with E-state index in [1.165, 1.54) is 4.90 Å². The minimum absolute atomic E-state index is 0.211. The molecule has 0 heterocycles. The molecule has 4 nitrogen and oxygen atoms in total. The van der Waals surface area contributed by atoms with Crippen LogP contribution in [0.5, 0.6) is 0 Å². The van der Waals surface area contributed by atoms with E-state index >= 15 is 0 Å². The van der Waals surface area contributed by atoms with E-state index in [1.54, 1.807) is 31.3 Å². The highest BCUT2D eigenvalue weighted by Gasteiger charge is 2.33. The molecule has 0 aliphatic heterocycles. The van der Waals surface area contributed by atoms with E-state index in [9.17, 15) is 9.90 Å². The lowest BCUT2D eigenvalue weighted by Gasteiger charge is -2.28. The van der Waals surface area contributed by atoms with Gasteiger partial charge in [-0.3, -0.25) is 4.79 Å². The Labute approximate surface area is 113 Å². The Bertz CT molecular complexity index is 513. The summed E-state index contributed by atoms with van der Waals surface area (Å²) >= 11 is 0. The number of carbonyl (C=O) groups excluding carboxylic acids is 1. The van der Waals surface area contributed by atoms with E-state index in [-0.39, 0.29) is 5.91 Å². The van der Waals surface area contributed by atoms with Gasteiger partial charge in [0.1, 0.15) is 0 Å². The summed E-state index contributed by atoms with van der Waals surface area (Å²) < 4.78 is 0. The second-order valence-electron chi connectivity index (χ2n) is 5.25. The number of benzene rings is 1. The molecule has 100 valence electrons. The first kappa shape index (κ1) is 13.6. The van der Waals surface area contributed by atoms with Crippen LogP contribution in [0.25, 0.3) is 0 Å². The van der Waals surface area contributed by atoms with Crippen LogP contribution in [0.3, 0.4) is 0 Å². The van der Waals surface area contributed by atoms with Gasteiger partial charge in [0.05, 0.1) is 22.8 Å². The Hall–Kier alpha value is -1.86. The molecule has 1 amide bonds. The Morgan fingerprint density at radius 2 is 2.05 bits per heavy atom. The summed E-state index contributed by atoms with van der Waals surface area (Å²) in [6.07, 6.45) is 3.50. The smallest absolute Gasteiger partial charge is 0.255 e. The fourth-order valence-corrected chi connectivity index (χ4v) is 2.68. The molecule has 1 aromatic rings. The molecule has 1 aromatic carbocycles. The van der Waals surface area contributed by atoms with Crippen LogP contribution < -0.4 is 0 Å². The summed E-state index contributed by atoms with van der Waals surface area (Å²) in [6, 6.07) is 8.78. The number of nitrogens with zero attached hydrogens (tertiary/aromatic N) is 2. The number of nitriles is 1. The lowest BCUT2D eigenvalue weighted by Crippen LogP contribution is -2.42. The van der Waals surface area contributed by atoms with Gasteiger partial charge in [0.2, 0.25) is 0 Å². The Morgan fingerprint density at radius 1 is 1.42 bits per heavy atom. The maximum atomic E-state index is 12.3. The van der Waals surface area contributed by atoms with Gasteiger partial charge in [0.15, 0.2) is 0 Å². The second kappa shape index (κ2) is 5.41. The van der Waals surface area contributed by atoms with Crippen LogP contribution in [0.1, 0.15) is 41.6 Å². The fraction of sp³-hybridized carbons (Fsp3) is 0.467. The molecule has 0 unspecified atom stereocenters. The van der Waals surface area contributed by atoms with E-state index in [4.69, 9.17) is 5.26 Å². The molecule has 0 bridgehead atoms. The van der Waals surface area contributed by atoms with Gasteiger partial charge >= 0.3 is 0 Å². The number of rotatable bonds is 3. The molecule has 2 rings (SSSR count). The average molecular weight is 258 g/mol. The summed E-state index contributed by atoms with van der Waals surface area (Å²) in [7, 11) is 1.67. The topological polar surface area (TPSA) is 64.3 Å². The van der Waals surface area contributed by atoms with Crippen molar-refractivity contribution in [2.45, 2.75) is 31.3 Å². The molecule has 19 heavy (non-hydrogen) atoms. The molecule has 0 aromatic heterocycles. The fourth-order valence-electron chi connectivity index (χ4n) is 2.68. The van der Waals surface area contributed by atoms with Gasteiger partial charge in [-0.15, -0.1) is 0 Å². The van der Waals surface area contributed by atoms with E-state index in [1.807, 2.05) is 6.07 Å². The van der Waals surface area contributed by atoms with Crippen molar-refractivity contribution in [1.29, 1.82) is 5.26 Å². The predicted octanol–water partition coefficient (Wildman–Crippen LogP) is 1.94. The van der Waals surface area contributed by atoms with E-state index in [0.29, 0.717) is 17.7 Å². The van der Waals surface area contributed by atoms with E-state index in [0.717, 1.165) is 25.7 Å². The van der Waals surface area contributed by atoms with E-state index in [2.05, 4.69) is 0 Å². The van der Waals surface area contributed by atoms with Crippen molar-refractivity contribution in [3.8, 4) is 6.07 Å². The van der Waals surface area contributed by atoms with Gasteiger partial charge in [-0.25, -0.2) is 0 Å². The Balaban J connectivity index is 2.13. The van der Waals surface area contributed by atoms with Crippen LogP contribution >= 0.6 is 0 Å². The van der Waals surface area contributed by atoms with Crippen molar-refractivity contribution >= 4 is 5.91 Å². The van der Waals surface area contributed by atoms with Gasteiger partial charge < -0.3 is 10.0 Å². The third-order valence-electron chi connectivity index (χ3n) is 3.69. The molecule has 1 aliphatic carbocycles. The van der Waals surface area contributed by atoms with Crippen molar-refractivity contribution in [2.75, 3.05) is 13.6 Å². The third-order valence-corrected chi connectivity index (χ3v) is 3.69. The highest BCUT2D eigenvalue weighted by atomic mass is 16.3. The summed E-state index contributed by atoms with van der Waals surface area (Å²) in [5, 5.41) is 19.3. The number of hydrogen-bond acceptors (Lipinski definition) is 3. The zero-order valence-electron chi connectivity index (χ0n) is 11.1. The van der Waals surface area contributed by atoms with Gasteiger partial charge in [0.25, 0.3) is 5.91 Å². The third kappa shape index (κ3) is 2.94. The van der Waals surface area contributed by atoms with Gasteiger partial charge in [-0.2, -0.15) is 5.26 Å². The number of carbonyl (C=O) groups is 1. The molecular weight excluding hydrogens is 240 g/mol. The molecule has 0 spiro atoms. The van der Waals surface area contributed by atoms with Gasteiger partial charge in [-0.1, -0.05) is 25.0 Å². The largest absolute Gasteiger partial charge is 0.388 e. The van der Waals surface area contributed by atoms with Crippen LogP contribution in [0, 0.1) is 11.3 Å². The van der Waals surface area contributed by atoms with E-state index < -0.39 is 5.60 Å². The second-order valence-corrected chi connectivity index (χ2v) is 5.25. The molecule has 1 saturated carbocycles. The van der Waals surface area contributed by atoms with Crippen molar-refractivity contribution < 1.29 is 9.90 Å². The summed E-state index contributed by atoms with van der Waals surface area (Å²) in [6.45, 7) is 0.325. The van der Waals surface area contributed by atoms with Crippen LogP contribution in [0.4, 0.5) is 0 Å². The number of amides is 1. The number of aliphatic hydroxyl groups is 1. The summed E-state index contributed by atoms with van der Waals surface area (Å²) in [5.41, 5.74) is 0.0123. The predicted molar refractivity (Wildman–Crippen MR) is 71.5 cm³/mol. The highest BCUT2D eigenvalue weighted by Crippen LogP contribution is 2.30. The van der Waals surface area contributed by atoms with Gasteiger partial charge in [0, 0.05) is 13.6 Å². The Morgan fingerprint density at radius 3 is 2.68 bits per heavy atom. The SMILES string of the molecule is CN(CC1(O)CCCC1)C(=O)c1ccccc1C#N. The first-order chi connectivity index (χ1) is 9.06. The molecular formula is C15H18N2O2. The van der Waals surface area contributed by atoms with Crippen molar-refractivity contribution in [2.24, 2.45) is 0 Å². The van der Waals surface area contributed by atoms with Crippen molar-refractivity contribution in [1.82, 2.24) is 4.90 Å². The van der Waals surface area contributed by atoms with Gasteiger partial charge in [-0.05, 0) is 25.0 Å². The molecule has 4 heteroatoms. The van der Waals surface area contributed by atoms with Crippen LogP contribution in [0.2, 0.25) is 0 Å². The highest BCUT2D eigenvalue weighted by molar-refractivity contribution is 5.96. The molecule has 0 radical (unpaired) electrons. The van der Waals surface area contributed by atoms with Crippen LogP contribution in [-0.4, -0.2) is 35.1 Å². The molecule has 0 saturated heterocycles. The maximum Gasteiger partial charge on any atom is 0.255 e.